The molecule has 4 nitrogen and oxygen atoms in total. The average Bonchev–Trinajstić information content (AvgIpc) is 2.64. The molecule has 0 aliphatic carbocycles. The van der Waals surface area contributed by atoms with Gasteiger partial charge in [-0.3, -0.25) is 4.79 Å². The third-order valence-corrected chi connectivity index (χ3v) is 6.59. The summed E-state index contributed by atoms with van der Waals surface area (Å²) in [6.07, 6.45) is 1.34. The van der Waals surface area contributed by atoms with Crippen LogP contribution >= 0.6 is 23.2 Å². The zero-order chi connectivity index (χ0) is 16.2. The van der Waals surface area contributed by atoms with Crippen molar-refractivity contribution in [1.29, 1.82) is 0 Å². The Labute approximate surface area is 141 Å². The molecule has 1 aliphatic heterocycles. The van der Waals surface area contributed by atoms with E-state index >= 15 is 0 Å². The number of nitrogens with zero attached hydrogens (tertiary/aromatic N) is 1. The highest BCUT2D eigenvalue weighted by molar-refractivity contribution is 7.91. The van der Waals surface area contributed by atoms with Crippen LogP contribution in [-0.4, -0.2) is 43.9 Å². The van der Waals surface area contributed by atoms with Gasteiger partial charge in [0.05, 0.1) is 11.0 Å². The SMILES string of the molecule is O=C(CCCCl)N1CCC(c2ccccc2Cl)S(=O)(=O)CC1. The molecule has 1 aromatic carbocycles. The summed E-state index contributed by atoms with van der Waals surface area (Å²) in [5.41, 5.74) is 0.624. The van der Waals surface area contributed by atoms with Gasteiger partial charge in [-0.25, -0.2) is 8.42 Å². The number of alkyl halides is 1. The first-order valence-corrected chi connectivity index (χ1v) is 9.88. The molecule has 1 unspecified atom stereocenters. The molecule has 1 atom stereocenters. The van der Waals surface area contributed by atoms with Gasteiger partial charge in [0.25, 0.3) is 0 Å². The zero-order valence-electron chi connectivity index (χ0n) is 12.2. The Hall–Kier alpha value is -0.780. The first kappa shape index (κ1) is 17.6. The fourth-order valence-electron chi connectivity index (χ4n) is 2.65. The molecule has 1 aromatic rings. The Morgan fingerprint density at radius 1 is 1.27 bits per heavy atom. The maximum atomic E-state index is 12.5. The summed E-state index contributed by atoms with van der Waals surface area (Å²) in [6, 6.07) is 7.00. The number of amides is 1. The topological polar surface area (TPSA) is 54.5 Å². The maximum absolute atomic E-state index is 12.5. The van der Waals surface area contributed by atoms with Gasteiger partial charge in [-0.2, -0.15) is 0 Å². The van der Waals surface area contributed by atoms with Crippen LogP contribution in [0.4, 0.5) is 0 Å². The number of carbonyl (C=O) groups is 1. The molecule has 1 saturated heterocycles. The molecule has 0 N–H and O–H groups in total. The van der Waals surface area contributed by atoms with Crippen LogP contribution in [0.3, 0.4) is 0 Å². The predicted molar refractivity (Wildman–Crippen MR) is 89.1 cm³/mol. The van der Waals surface area contributed by atoms with E-state index in [-0.39, 0.29) is 18.2 Å². The van der Waals surface area contributed by atoms with Crippen molar-refractivity contribution in [3.8, 4) is 0 Å². The van der Waals surface area contributed by atoms with Crippen molar-refractivity contribution in [3.05, 3.63) is 34.9 Å². The average molecular weight is 364 g/mol. The number of hydrogen-bond donors (Lipinski definition) is 0. The number of carbonyl (C=O) groups excluding carboxylic acids is 1. The van der Waals surface area contributed by atoms with Crippen molar-refractivity contribution in [2.75, 3.05) is 24.7 Å². The van der Waals surface area contributed by atoms with E-state index in [2.05, 4.69) is 0 Å². The highest BCUT2D eigenvalue weighted by Crippen LogP contribution is 2.33. The number of rotatable bonds is 4. The number of halogens is 2. The molecule has 0 radical (unpaired) electrons. The molecule has 1 fully saturated rings. The van der Waals surface area contributed by atoms with Gasteiger partial charge in [0.15, 0.2) is 9.84 Å². The molecule has 0 spiro atoms. The molecule has 122 valence electrons. The van der Waals surface area contributed by atoms with E-state index < -0.39 is 15.1 Å². The summed E-state index contributed by atoms with van der Waals surface area (Å²) in [5.74, 6) is 0.367. The Balaban J connectivity index is 2.18. The van der Waals surface area contributed by atoms with Crippen LogP contribution in [0, 0.1) is 0 Å². The largest absolute Gasteiger partial charge is 0.342 e. The van der Waals surface area contributed by atoms with Crippen LogP contribution in [0.2, 0.25) is 5.02 Å². The highest BCUT2D eigenvalue weighted by atomic mass is 35.5. The van der Waals surface area contributed by atoms with Gasteiger partial charge in [0.2, 0.25) is 5.91 Å². The van der Waals surface area contributed by atoms with E-state index in [0.717, 1.165) is 0 Å². The minimum atomic E-state index is -3.33. The number of hydrogen-bond acceptors (Lipinski definition) is 3. The van der Waals surface area contributed by atoms with Gasteiger partial charge >= 0.3 is 0 Å². The molecular formula is C15H19Cl2NO3S. The van der Waals surface area contributed by atoms with E-state index in [1.165, 1.54) is 0 Å². The zero-order valence-corrected chi connectivity index (χ0v) is 14.5. The van der Waals surface area contributed by atoms with Gasteiger partial charge in [-0.05, 0) is 24.5 Å². The van der Waals surface area contributed by atoms with E-state index in [1.807, 2.05) is 0 Å². The number of sulfone groups is 1. The van der Waals surface area contributed by atoms with Crippen LogP contribution in [0.25, 0.3) is 0 Å². The summed E-state index contributed by atoms with van der Waals surface area (Å²) < 4.78 is 25.0. The second-order valence-corrected chi connectivity index (χ2v) is 8.43. The Morgan fingerprint density at radius 2 is 2.00 bits per heavy atom. The predicted octanol–water partition coefficient (Wildman–Crippen LogP) is 3.05. The van der Waals surface area contributed by atoms with Crippen molar-refractivity contribution in [2.45, 2.75) is 24.5 Å². The Morgan fingerprint density at radius 3 is 2.68 bits per heavy atom. The van der Waals surface area contributed by atoms with Gasteiger partial charge < -0.3 is 4.90 Å². The van der Waals surface area contributed by atoms with Crippen LogP contribution in [0.1, 0.15) is 30.1 Å². The molecule has 22 heavy (non-hydrogen) atoms. The van der Waals surface area contributed by atoms with Crippen molar-refractivity contribution in [3.63, 3.8) is 0 Å². The summed E-state index contributed by atoms with van der Waals surface area (Å²) in [6.45, 7) is 0.667. The summed E-state index contributed by atoms with van der Waals surface area (Å²) >= 11 is 11.7. The molecule has 1 aliphatic rings. The molecule has 1 amide bonds. The molecule has 2 rings (SSSR count). The fraction of sp³-hybridized carbons (Fsp3) is 0.533. The van der Waals surface area contributed by atoms with Crippen molar-refractivity contribution in [1.82, 2.24) is 4.90 Å². The van der Waals surface area contributed by atoms with E-state index in [4.69, 9.17) is 23.2 Å². The first-order chi connectivity index (χ1) is 10.5. The van der Waals surface area contributed by atoms with Crippen LogP contribution < -0.4 is 0 Å². The second kappa shape index (κ2) is 7.66. The molecule has 1 heterocycles. The quantitative estimate of drug-likeness (QED) is 0.772. The lowest BCUT2D eigenvalue weighted by atomic mass is 10.1. The smallest absolute Gasteiger partial charge is 0.222 e. The van der Waals surface area contributed by atoms with E-state index in [1.54, 1.807) is 29.2 Å². The summed E-state index contributed by atoms with van der Waals surface area (Å²) in [5, 5.41) is -0.190. The van der Waals surface area contributed by atoms with Crippen molar-refractivity contribution in [2.24, 2.45) is 0 Å². The maximum Gasteiger partial charge on any atom is 0.222 e. The minimum Gasteiger partial charge on any atom is -0.342 e. The monoisotopic (exact) mass is 363 g/mol. The minimum absolute atomic E-state index is 0.0318. The van der Waals surface area contributed by atoms with Gasteiger partial charge in [0.1, 0.15) is 0 Å². The molecule has 0 bridgehead atoms. The van der Waals surface area contributed by atoms with Crippen LogP contribution in [0.5, 0.6) is 0 Å². The molecule has 0 aromatic heterocycles. The highest BCUT2D eigenvalue weighted by Gasteiger charge is 2.33. The first-order valence-electron chi connectivity index (χ1n) is 7.25. The van der Waals surface area contributed by atoms with Gasteiger partial charge in [0, 0.05) is 30.4 Å². The van der Waals surface area contributed by atoms with E-state index in [9.17, 15) is 13.2 Å². The van der Waals surface area contributed by atoms with E-state index in [0.29, 0.717) is 42.3 Å². The molecular weight excluding hydrogens is 345 g/mol. The lowest BCUT2D eigenvalue weighted by Crippen LogP contribution is -2.33. The van der Waals surface area contributed by atoms with Gasteiger partial charge in [-0.1, -0.05) is 29.8 Å². The summed E-state index contributed by atoms with van der Waals surface area (Å²) in [4.78, 5) is 13.7. The summed E-state index contributed by atoms with van der Waals surface area (Å²) in [7, 11) is -3.33. The molecule has 7 heteroatoms. The van der Waals surface area contributed by atoms with Crippen LogP contribution in [0.15, 0.2) is 24.3 Å². The number of benzene rings is 1. The Kier molecular flexibility index (Phi) is 6.12. The van der Waals surface area contributed by atoms with Crippen molar-refractivity contribution >= 4 is 38.9 Å². The third kappa shape index (κ3) is 4.15. The lowest BCUT2D eigenvalue weighted by molar-refractivity contribution is -0.130. The van der Waals surface area contributed by atoms with Gasteiger partial charge in [-0.15, -0.1) is 11.6 Å². The standard InChI is InChI=1S/C15H19Cl2NO3S/c16-8-3-6-15(19)18-9-7-14(22(20,21)11-10-18)12-4-1-2-5-13(12)17/h1-2,4-5,14H,3,6-11H2. The Bertz CT molecular complexity index is 633. The normalized spacial score (nSPS) is 21.4. The van der Waals surface area contributed by atoms with Crippen molar-refractivity contribution < 1.29 is 13.2 Å². The third-order valence-electron chi connectivity index (χ3n) is 3.87. The van der Waals surface area contributed by atoms with Crippen LogP contribution in [-0.2, 0) is 14.6 Å². The lowest BCUT2D eigenvalue weighted by Gasteiger charge is -2.20. The fourth-order valence-corrected chi connectivity index (χ4v) is 4.94. The second-order valence-electron chi connectivity index (χ2n) is 5.34. The molecule has 0 saturated carbocycles.